The van der Waals surface area contributed by atoms with Crippen LogP contribution in [0.2, 0.25) is 5.02 Å². The van der Waals surface area contributed by atoms with Gasteiger partial charge in [0.05, 0.1) is 17.2 Å². The van der Waals surface area contributed by atoms with Crippen LogP contribution < -0.4 is 11.1 Å². The van der Waals surface area contributed by atoms with Gasteiger partial charge in [0.25, 0.3) is 16.0 Å². The standard InChI is InChI=1S/C28H29ClN6O4S/c1-28(2,3)39-27(36)32-25(30)31-26(34-40(37,38)22-12-8-5-9-13-22)35-18-23(19-10-6-4-7-11-19)24(33-35)20-14-16-21(29)17-15-20/h4-17,23H,18H2,1-3H3,(H3,30,31,32,34,36). The Labute approximate surface area is 238 Å². The zero-order valence-electron chi connectivity index (χ0n) is 22.2. The number of benzene rings is 3. The van der Waals surface area contributed by atoms with Gasteiger partial charge in [-0.05, 0) is 56.2 Å². The van der Waals surface area contributed by atoms with Gasteiger partial charge in [-0.1, -0.05) is 72.3 Å². The van der Waals surface area contributed by atoms with Crippen LogP contribution in [0.25, 0.3) is 0 Å². The fourth-order valence-electron chi connectivity index (χ4n) is 3.88. The highest BCUT2D eigenvalue weighted by atomic mass is 35.5. The maximum absolute atomic E-state index is 13.2. The van der Waals surface area contributed by atoms with E-state index in [1.807, 2.05) is 42.5 Å². The van der Waals surface area contributed by atoms with Crippen molar-refractivity contribution < 1.29 is 17.9 Å². The average molecular weight is 581 g/mol. The third-order valence-electron chi connectivity index (χ3n) is 5.58. The van der Waals surface area contributed by atoms with E-state index in [4.69, 9.17) is 27.2 Å². The lowest BCUT2D eigenvalue weighted by Crippen LogP contribution is -2.41. The molecule has 1 aliphatic heterocycles. The summed E-state index contributed by atoms with van der Waals surface area (Å²) >= 11 is 6.11. The van der Waals surface area contributed by atoms with Crippen LogP contribution in [-0.4, -0.2) is 49.3 Å². The van der Waals surface area contributed by atoms with Gasteiger partial charge >= 0.3 is 6.09 Å². The summed E-state index contributed by atoms with van der Waals surface area (Å²) in [6, 6.07) is 24.5. The third kappa shape index (κ3) is 7.45. The molecule has 0 saturated carbocycles. The van der Waals surface area contributed by atoms with E-state index in [-0.39, 0.29) is 23.3 Å². The Hall–Kier alpha value is -4.22. The Morgan fingerprint density at radius 2 is 1.62 bits per heavy atom. The van der Waals surface area contributed by atoms with Crippen molar-refractivity contribution in [1.82, 2.24) is 10.3 Å². The molecule has 1 amide bonds. The summed E-state index contributed by atoms with van der Waals surface area (Å²) < 4.78 is 35.7. The number of hydrogen-bond donors (Lipinski definition) is 2. The highest BCUT2D eigenvalue weighted by Crippen LogP contribution is 2.30. The first-order chi connectivity index (χ1) is 18.9. The van der Waals surface area contributed by atoms with E-state index in [0.29, 0.717) is 10.7 Å². The highest BCUT2D eigenvalue weighted by Gasteiger charge is 2.33. The topological polar surface area (TPSA) is 139 Å². The number of hydrogen-bond acceptors (Lipinski definition) is 5. The lowest BCUT2D eigenvalue weighted by molar-refractivity contribution is 0.0562. The van der Waals surface area contributed by atoms with Crippen LogP contribution in [0.1, 0.15) is 37.8 Å². The van der Waals surface area contributed by atoms with Crippen molar-refractivity contribution in [3.63, 3.8) is 0 Å². The molecular formula is C28H29ClN6O4S. The number of carbonyl (C=O) groups is 1. The molecule has 10 nitrogen and oxygen atoms in total. The summed E-state index contributed by atoms with van der Waals surface area (Å²) in [4.78, 5) is 16.4. The van der Waals surface area contributed by atoms with Crippen LogP contribution in [0.4, 0.5) is 4.79 Å². The number of sulfonamides is 1. The van der Waals surface area contributed by atoms with Gasteiger partial charge in [0.15, 0.2) is 0 Å². The van der Waals surface area contributed by atoms with E-state index in [1.54, 1.807) is 51.1 Å². The molecule has 40 heavy (non-hydrogen) atoms. The molecular weight excluding hydrogens is 552 g/mol. The third-order valence-corrected chi connectivity index (χ3v) is 7.10. The minimum absolute atomic E-state index is 0.0397. The lowest BCUT2D eigenvalue weighted by Gasteiger charge is -2.20. The van der Waals surface area contributed by atoms with Crippen molar-refractivity contribution in [3.05, 3.63) is 101 Å². The number of carbonyl (C=O) groups excluding carboxylic acids is 1. The molecule has 4 rings (SSSR count). The second kappa shape index (κ2) is 11.9. The SMILES string of the molecule is CC(C)(C)OC(=O)N/C(N)=N/C(=N\S(=O)(=O)c1ccccc1)N1CC(c2ccccc2)C(c2ccc(Cl)cc2)=N1. The first-order valence-electron chi connectivity index (χ1n) is 12.3. The average Bonchev–Trinajstić information content (AvgIpc) is 3.34. The molecule has 0 spiro atoms. The second-order valence-electron chi connectivity index (χ2n) is 9.84. The molecule has 0 saturated heterocycles. The van der Waals surface area contributed by atoms with E-state index >= 15 is 0 Å². The number of nitrogens with one attached hydrogen (secondary N) is 1. The summed E-state index contributed by atoms with van der Waals surface area (Å²) in [5, 5.41) is 8.95. The summed E-state index contributed by atoms with van der Waals surface area (Å²) in [5.74, 6) is -1.01. The Balaban J connectivity index is 1.79. The van der Waals surface area contributed by atoms with Gasteiger partial charge < -0.3 is 10.5 Å². The molecule has 0 radical (unpaired) electrons. The van der Waals surface area contributed by atoms with Crippen molar-refractivity contribution in [1.29, 1.82) is 0 Å². The zero-order valence-corrected chi connectivity index (χ0v) is 23.7. The molecule has 0 aromatic heterocycles. The van der Waals surface area contributed by atoms with Gasteiger partial charge in [-0.2, -0.15) is 18.5 Å². The van der Waals surface area contributed by atoms with Crippen molar-refractivity contribution in [2.24, 2.45) is 20.2 Å². The van der Waals surface area contributed by atoms with Gasteiger partial charge in [0.2, 0.25) is 5.96 Å². The van der Waals surface area contributed by atoms with E-state index in [0.717, 1.165) is 11.1 Å². The molecule has 1 atom stereocenters. The largest absolute Gasteiger partial charge is 0.444 e. The number of aliphatic imine (C=N–C) groups is 1. The monoisotopic (exact) mass is 580 g/mol. The van der Waals surface area contributed by atoms with Crippen molar-refractivity contribution in [3.8, 4) is 0 Å². The maximum atomic E-state index is 13.2. The Morgan fingerprint density at radius 1 is 1.02 bits per heavy atom. The van der Waals surface area contributed by atoms with Gasteiger partial charge in [0.1, 0.15) is 5.60 Å². The predicted molar refractivity (Wildman–Crippen MR) is 156 cm³/mol. The molecule has 3 aromatic rings. The molecule has 3 aromatic carbocycles. The number of guanidine groups is 2. The van der Waals surface area contributed by atoms with Crippen molar-refractivity contribution >= 4 is 45.3 Å². The maximum Gasteiger partial charge on any atom is 0.414 e. The number of rotatable bonds is 4. The summed E-state index contributed by atoms with van der Waals surface area (Å²) in [7, 11) is -4.22. The predicted octanol–water partition coefficient (Wildman–Crippen LogP) is 4.73. The van der Waals surface area contributed by atoms with Crippen LogP contribution in [-0.2, 0) is 14.8 Å². The molecule has 0 aliphatic carbocycles. The molecule has 1 unspecified atom stereocenters. The van der Waals surface area contributed by atoms with Gasteiger partial charge in [-0.15, -0.1) is 4.40 Å². The number of amides is 1. The molecule has 12 heteroatoms. The minimum atomic E-state index is -4.22. The Kier molecular flexibility index (Phi) is 8.55. The Morgan fingerprint density at radius 3 is 2.23 bits per heavy atom. The van der Waals surface area contributed by atoms with Crippen molar-refractivity contribution in [2.75, 3.05) is 6.54 Å². The van der Waals surface area contributed by atoms with Crippen LogP contribution in [0.3, 0.4) is 0 Å². The lowest BCUT2D eigenvalue weighted by atomic mass is 9.91. The fraction of sp³-hybridized carbons (Fsp3) is 0.214. The van der Waals surface area contributed by atoms with E-state index in [1.165, 1.54) is 17.1 Å². The summed E-state index contributed by atoms with van der Waals surface area (Å²) in [6.45, 7) is 5.29. The summed E-state index contributed by atoms with van der Waals surface area (Å²) in [5.41, 5.74) is 7.61. The van der Waals surface area contributed by atoms with E-state index < -0.39 is 27.7 Å². The smallest absolute Gasteiger partial charge is 0.414 e. The second-order valence-corrected chi connectivity index (χ2v) is 11.9. The molecule has 0 fully saturated rings. The quantitative estimate of drug-likeness (QED) is 0.338. The number of halogens is 1. The fourth-order valence-corrected chi connectivity index (χ4v) is 4.96. The number of nitrogens with zero attached hydrogens (tertiary/aromatic N) is 4. The molecule has 1 aliphatic rings. The van der Waals surface area contributed by atoms with Gasteiger partial charge in [-0.25, -0.2) is 9.80 Å². The molecule has 1 heterocycles. The molecule has 0 bridgehead atoms. The van der Waals surface area contributed by atoms with Gasteiger partial charge in [0, 0.05) is 10.9 Å². The van der Waals surface area contributed by atoms with Crippen LogP contribution in [0.5, 0.6) is 0 Å². The number of nitrogens with two attached hydrogens (primary N) is 1. The van der Waals surface area contributed by atoms with E-state index in [2.05, 4.69) is 14.7 Å². The normalized spacial score (nSPS) is 16.4. The first kappa shape index (κ1) is 28.8. The zero-order chi connectivity index (χ0) is 28.9. The molecule has 208 valence electrons. The van der Waals surface area contributed by atoms with Crippen LogP contribution in [0, 0.1) is 0 Å². The van der Waals surface area contributed by atoms with E-state index in [9.17, 15) is 13.2 Å². The molecule has 3 N–H and O–H groups in total. The van der Waals surface area contributed by atoms with Crippen molar-refractivity contribution in [2.45, 2.75) is 37.2 Å². The van der Waals surface area contributed by atoms with Gasteiger partial charge in [-0.3, -0.25) is 5.32 Å². The number of ether oxygens (including phenoxy) is 1. The van der Waals surface area contributed by atoms with Crippen LogP contribution in [0.15, 0.2) is 104 Å². The summed E-state index contributed by atoms with van der Waals surface area (Å²) in [6.07, 6.45) is -0.854. The first-order valence-corrected chi connectivity index (χ1v) is 14.1. The minimum Gasteiger partial charge on any atom is -0.444 e. The highest BCUT2D eigenvalue weighted by molar-refractivity contribution is 7.90. The Bertz CT molecular complexity index is 1550. The number of alkyl carbamates (subject to hydrolysis) is 1. The number of hydrazone groups is 1. The van der Waals surface area contributed by atoms with Crippen LogP contribution >= 0.6 is 11.6 Å².